The van der Waals surface area contributed by atoms with E-state index in [4.69, 9.17) is 15.7 Å². The van der Waals surface area contributed by atoms with Crippen LogP contribution in [0.2, 0.25) is 0 Å². The fourth-order valence-electron chi connectivity index (χ4n) is 2.04. The normalized spacial score (nSPS) is 11.7. The molecule has 1 aromatic carbocycles. The number of nitrogens with two attached hydrogens (primary N) is 1. The molecule has 2 aromatic rings. The van der Waals surface area contributed by atoms with Gasteiger partial charge in [0.2, 0.25) is 5.88 Å². The van der Waals surface area contributed by atoms with Crippen LogP contribution in [0, 0.1) is 6.92 Å². The standard InChI is InChI=1S/C14H18N4O2/c1-4-10-6-5-7-11(8-10)20-14-12(13(15)17-19)9(2)16-18(14)3/h5-8,19H,4H2,1-3H3,(H2,15,17). The zero-order chi connectivity index (χ0) is 14.7. The highest BCUT2D eigenvalue weighted by molar-refractivity contribution is 6.00. The van der Waals surface area contributed by atoms with Crippen molar-refractivity contribution < 1.29 is 9.94 Å². The molecule has 20 heavy (non-hydrogen) atoms. The van der Waals surface area contributed by atoms with Gasteiger partial charge in [-0.25, -0.2) is 4.68 Å². The quantitative estimate of drug-likeness (QED) is 0.387. The van der Waals surface area contributed by atoms with Crippen LogP contribution in [0.15, 0.2) is 29.4 Å². The molecule has 0 fully saturated rings. The highest BCUT2D eigenvalue weighted by atomic mass is 16.5. The van der Waals surface area contributed by atoms with Gasteiger partial charge in [-0.05, 0) is 31.0 Å². The Kier molecular flexibility index (Phi) is 3.93. The molecule has 1 aromatic heterocycles. The van der Waals surface area contributed by atoms with Gasteiger partial charge in [0.05, 0.1) is 5.69 Å². The first-order chi connectivity index (χ1) is 9.56. The molecule has 0 saturated carbocycles. The van der Waals surface area contributed by atoms with E-state index in [-0.39, 0.29) is 5.84 Å². The summed E-state index contributed by atoms with van der Waals surface area (Å²) in [7, 11) is 1.75. The lowest BCUT2D eigenvalue weighted by atomic mass is 10.2. The molecule has 0 atom stereocenters. The third kappa shape index (κ3) is 2.59. The first kappa shape index (κ1) is 13.9. The zero-order valence-electron chi connectivity index (χ0n) is 11.8. The van der Waals surface area contributed by atoms with Crippen molar-refractivity contribution in [2.75, 3.05) is 0 Å². The summed E-state index contributed by atoms with van der Waals surface area (Å²) in [6.07, 6.45) is 0.925. The minimum Gasteiger partial charge on any atom is -0.438 e. The number of oxime groups is 1. The van der Waals surface area contributed by atoms with Gasteiger partial charge in [-0.15, -0.1) is 0 Å². The number of hydrogen-bond acceptors (Lipinski definition) is 4. The average Bonchev–Trinajstić information content (AvgIpc) is 2.73. The van der Waals surface area contributed by atoms with Crippen LogP contribution in [0.5, 0.6) is 11.6 Å². The first-order valence-electron chi connectivity index (χ1n) is 6.35. The van der Waals surface area contributed by atoms with Crippen LogP contribution < -0.4 is 10.5 Å². The third-order valence-corrected chi connectivity index (χ3v) is 3.05. The summed E-state index contributed by atoms with van der Waals surface area (Å²) < 4.78 is 7.43. The Balaban J connectivity index is 2.42. The lowest BCUT2D eigenvalue weighted by Gasteiger charge is -2.09. The first-order valence-corrected chi connectivity index (χ1v) is 6.35. The molecule has 0 unspecified atom stereocenters. The van der Waals surface area contributed by atoms with Crippen LogP contribution in [0.1, 0.15) is 23.7 Å². The minimum atomic E-state index is -0.0164. The summed E-state index contributed by atoms with van der Waals surface area (Å²) in [4.78, 5) is 0. The molecule has 6 heteroatoms. The van der Waals surface area contributed by atoms with Crippen molar-refractivity contribution in [1.82, 2.24) is 9.78 Å². The number of ether oxygens (including phenoxy) is 1. The molecule has 0 amide bonds. The number of benzene rings is 1. The van der Waals surface area contributed by atoms with E-state index >= 15 is 0 Å². The molecular formula is C14H18N4O2. The Hall–Kier alpha value is -2.50. The van der Waals surface area contributed by atoms with E-state index < -0.39 is 0 Å². The maximum absolute atomic E-state index is 8.86. The van der Waals surface area contributed by atoms with Crippen molar-refractivity contribution in [1.29, 1.82) is 0 Å². The average molecular weight is 274 g/mol. The Morgan fingerprint density at radius 2 is 2.25 bits per heavy atom. The second kappa shape index (κ2) is 5.64. The van der Waals surface area contributed by atoms with Crippen LogP contribution in [0.4, 0.5) is 0 Å². The molecule has 0 bridgehead atoms. The molecule has 0 aliphatic carbocycles. The number of hydrogen-bond donors (Lipinski definition) is 2. The van der Waals surface area contributed by atoms with Crippen LogP contribution in [0.3, 0.4) is 0 Å². The summed E-state index contributed by atoms with van der Waals surface area (Å²) in [5.41, 5.74) is 8.00. The molecule has 1 heterocycles. The molecule has 6 nitrogen and oxygen atoms in total. The molecular weight excluding hydrogens is 256 g/mol. The number of aryl methyl sites for hydroxylation is 3. The predicted octanol–water partition coefficient (Wildman–Crippen LogP) is 2.18. The number of amidine groups is 1. The van der Waals surface area contributed by atoms with Gasteiger partial charge in [0, 0.05) is 7.05 Å². The van der Waals surface area contributed by atoms with E-state index in [1.807, 2.05) is 24.3 Å². The lowest BCUT2D eigenvalue weighted by Crippen LogP contribution is -2.15. The number of nitrogens with zero attached hydrogens (tertiary/aromatic N) is 3. The van der Waals surface area contributed by atoms with E-state index in [0.29, 0.717) is 22.9 Å². The fourth-order valence-corrected chi connectivity index (χ4v) is 2.04. The summed E-state index contributed by atoms with van der Waals surface area (Å²) in [6, 6.07) is 7.78. The van der Waals surface area contributed by atoms with Gasteiger partial charge in [-0.2, -0.15) is 5.10 Å². The van der Waals surface area contributed by atoms with Crippen molar-refractivity contribution in [2.24, 2.45) is 17.9 Å². The SMILES string of the molecule is CCc1cccc(Oc2c(C(N)=NO)c(C)nn2C)c1. The van der Waals surface area contributed by atoms with Gasteiger partial charge in [0.1, 0.15) is 11.3 Å². The molecule has 0 saturated heterocycles. The Morgan fingerprint density at radius 3 is 2.90 bits per heavy atom. The zero-order valence-corrected chi connectivity index (χ0v) is 11.8. The minimum absolute atomic E-state index is 0.0164. The van der Waals surface area contributed by atoms with Crippen molar-refractivity contribution >= 4 is 5.84 Å². The largest absolute Gasteiger partial charge is 0.438 e. The topological polar surface area (TPSA) is 85.7 Å². The van der Waals surface area contributed by atoms with E-state index in [2.05, 4.69) is 17.2 Å². The van der Waals surface area contributed by atoms with Crippen molar-refractivity contribution in [2.45, 2.75) is 20.3 Å². The second-order valence-electron chi connectivity index (χ2n) is 4.48. The summed E-state index contributed by atoms with van der Waals surface area (Å²) in [5, 5.41) is 16.1. The van der Waals surface area contributed by atoms with E-state index in [0.717, 1.165) is 6.42 Å². The number of rotatable bonds is 4. The van der Waals surface area contributed by atoms with E-state index in [9.17, 15) is 0 Å². The summed E-state index contributed by atoms with van der Waals surface area (Å²) >= 11 is 0. The molecule has 0 spiro atoms. The number of aromatic nitrogens is 2. The molecule has 106 valence electrons. The fraction of sp³-hybridized carbons (Fsp3) is 0.286. The lowest BCUT2D eigenvalue weighted by molar-refractivity contribution is 0.318. The maximum Gasteiger partial charge on any atom is 0.229 e. The Bertz CT molecular complexity index is 647. The van der Waals surface area contributed by atoms with Crippen LogP contribution >= 0.6 is 0 Å². The van der Waals surface area contributed by atoms with Gasteiger partial charge in [-0.3, -0.25) is 0 Å². The van der Waals surface area contributed by atoms with Gasteiger partial charge in [0.15, 0.2) is 5.84 Å². The van der Waals surface area contributed by atoms with Crippen molar-refractivity contribution in [3.63, 3.8) is 0 Å². The van der Waals surface area contributed by atoms with E-state index in [1.165, 1.54) is 5.56 Å². The Morgan fingerprint density at radius 1 is 1.50 bits per heavy atom. The maximum atomic E-state index is 8.86. The second-order valence-corrected chi connectivity index (χ2v) is 4.48. The summed E-state index contributed by atoms with van der Waals surface area (Å²) in [6.45, 7) is 3.86. The van der Waals surface area contributed by atoms with Crippen molar-refractivity contribution in [3.05, 3.63) is 41.1 Å². The predicted molar refractivity (Wildman–Crippen MR) is 76.3 cm³/mol. The summed E-state index contributed by atoms with van der Waals surface area (Å²) in [5.74, 6) is 1.13. The van der Waals surface area contributed by atoms with Gasteiger partial charge in [0.25, 0.3) is 0 Å². The molecule has 0 aliphatic heterocycles. The third-order valence-electron chi connectivity index (χ3n) is 3.05. The van der Waals surface area contributed by atoms with Crippen LogP contribution in [-0.4, -0.2) is 20.8 Å². The van der Waals surface area contributed by atoms with Crippen molar-refractivity contribution in [3.8, 4) is 11.6 Å². The van der Waals surface area contributed by atoms with Crippen LogP contribution in [0.25, 0.3) is 0 Å². The van der Waals surface area contributed by atoms with Crippen LogP contribution in [-0.2, 0) is 13.5 Å². The molecule has 0 aliphatic rings. The van der Waals surface area contributed by atoms with E-state index in [1.54, 1.807) is 18.7 Å². The molecule has 0 radical (unpaired) electrons. The Labute approximate surface area is 117 Å². The monoisotopic (exact) mass is 274 g/mol. The molecule has 2 rings (SSSR count). The van der Waals surface area contributed by atoms with Gasteiger partial charge < -0.3 is 15.7 Å². The molecule has 3 N–H and O–H groups in total. The highest BCUT2D eigenvalue weighted by Crippen LogP contribution is 2.27. The van der Waals surface area contributed by atoms with Gasteiger partial charge >= 0.3 is 0 Å². The smallest absolute Gasteiger partial charge is 0.229 e. The van der Waals surface area contributed by atoms with Gasteiger partial charge in [-0.1, -0.05) is 24.2 Å². The highest BCUT2D eigenvalue weighted by Gasteiger charge is 2.19.